The fourth-order valence-electron chi connectivity index (χ4n) is 1.58. The monoisotopic (exact) mass is 251 g/mol. The third kappa shape index (κ3) is 3.20. The van der Waals surface area contributed by atoms with Gasteiger partial charge in [-0.2, -0.15) is 0 Å². The van der Waals surface area contributed by atoms with Gasteiger partial charge in [0.2, 0.25) is 0 Å². The molecule has 1 aromatic rings. The molecule has 0 aliphatic carbocycles. The van der Waals surface area contributed by atoms with Gasteiger partial charge in [-0.3, -0.25) is 15.0 Å². The van der Waals surface area contributed by atoms with Crippen molar-refractivity contribution in [2.24, 2.45) is 0 Å². The lowest BCUT2D eigenvalue weighted by Crippen LogP contribution is -2.39. The fraction of sp³-hybridized carbons (Fsp3) is 0.538. The van der Waals surface area contributed by atoms with Crippen molar-refractivity contribution in [3.8, 4) is 0 Å². The zero-order chi connectivity index (χ0) is 13.9. The van der Waals surface area contributed by atoms with Crippen molar-refractivity contribution in [3.63, 3.8) is 0 Å². The van der Waals surface area contributed by atoms with Gasteiger partial charge in [0.25, 0.3) is 5.69 Å². The summed E-state index contributed by atoms with van der Waals surface area (Å²) in [5.74, 6) is 0. The first-order valence-corrected chi connectivity index (χ1v) is 6.02. The third-order valence-electron chi connectivity index (χ3n) is 3.64. The maximum atomic E-state index is 10.8. The third-order valence-corrected chi connectivity index (χ3v) is 3.64. The molecule has 0 saturated carbocycles. The van der Waals surface area contributed by atoms with Gasteiger partial charge in [0, 0.05) is 29.9 Å². The van der Waals surface area contributed by atoms with Crippen LogP contribution < -0.4 is 5.73 Å². The maximum Gasteiger partial charge on any atom is 0.269 e. The summed E-state index contributed by atoms with van der Waals surface area (Å²) in [6.07, 6.45) is 0.998. The lowest BCUT2D eigenvalue weighted by molar-refractivity contribution is -0.384. The van der Waals surface area contributed by atoms with Gasteiger partial charge in [-0.25, -0.2) is 0 Å². The maximum absolute atomic E-state index is 10.8. The van der Waals surface area contributed by atoms with Crippen LogP contribution in [0.3, 0.4) is 0 Å². The van der Waals surface area contributed by atoms with E-state index in [4.69, 9.17) is 5.73 Å². The lowest BCUT2D eigenvalue weighted by Gasteiger charge is -2.35. The minimum absolute atomic E-state index is 0.0388. The molecular formula is C13H21N3O2. The molecule has 1 aromatic carbocycles. The summed E-state index contributed by atoms with van der Waals surface area (Å²) >= 11 is 0. The van der Waals surface area contributed by atoms with Crippen LogP contribution in [-0.4, -0.2) is 22.4 Å². The van der Waals surface area contributed by atoms with E-state index in [1.165, 1.54) is 6.07 Å². The summed E-state index contributed by atoms with van der Waals surface area (Å²) in [5.41, 5.74) is 7.39. The molecule has 100 valence electrons. The number of rotatable bonds is 5. The van der Waals surface area contributed by atoms with E-state index in [0.29, 0.717) is 12.2 Å². The zero-order valence-electron chi connectivity index (χ0n) is 11.4. The first kappa shape index (κ1) is 14.4. The predicted octanol–water partition coefficient (Wildman–Crippen LogP) is 2.80. The van der Waals surface area contributed by atoms with E-state index in [1.807, 2.05) is 7.05 Å². The minimum atomic E-state index is -0.395. The standard InChI is InChI=1S/C13H21N3O2/c1-5-13(2,3)15(4)9-10-8-11(16(17)18)6-7-12(10)14/h6-8H,5,9,14H2,1-4H3. The van der Waals surface area contributed by atoms with Gasteiger partial charge in [-0.1, -0.05) is 6.92 Å². The Morgan fingerprint density at radius 2 is 2.06 bits per heavy atom. The molecule has 0 saturated heterocycles. The summed E-state index contributed by atoms with van der Waals surface area (Å²) in [5, 5.41) is 10.8. The van der Waals surface area contributed by atoms with Gasteiger partial charge in [0.1, 0.15) is 0 Å². The fourth-order valence-corrected chi connectivity index (χ4v) is 1.58. The van der Waals surface area contributed by atoms with E-state index in [9.17, 15) is 10.1 Å². The number of hydrogen-bond acceptors (Lipinski definition) is 4. The van der Waals surface area contributed by atoms with Crippen molar-refractivity contribution >= 4 is 11.4 Å². The van der Waals surface area contributed by atoms with E-state index < -0.39 is 4.92 Å². The highest BCUT2D eigenvalue weighted by Gasteiger charge is 2.22. The van der Waals surface area contributed by atoms with Crippen molar-refractivity contribution in [2.75, 3.05) is 12.8 Å². The van der Waals surface area contributed by atoms with Crippen molar-refractivity contribution in [1.29, 1.82) is 0 Å². The summed E-state index contributed by atoms with van der Waals surface area (Å²) in [6.45, 7) is 7.00. The van der Waals surface area contributed by atoms with Crippen LogP contribution in [0.2, 0.25) is 0 Å². The number of nitro groups is 1. The Morgan fingerprint density at radius 1 is 1.44 bits per heavy atom. The van der Waals surface area contributed by atoms with Gasteiger partial charge in [-0.15, -0.1) is 0 Å². The smallest absolute Gasteiger partial charge is 0.269 e. The summed E-state index contributed by atoms with van der Waals surface area (Å²) in [4.78, 5) is 12.5. The second-order valence-corrected chi connectivity index (χ2v) is 5.16. The van der Waals surface area contributed by atoms with Crippen LogP contribution >= 0.6 is 0 Å². The summed E-state index contributed by atoms with van der Waals surface area (Å²) in [7, 11) is 2.00. The Labute approximate surface area is 108 Å². The Kier molecular flexibility index (Phi) is 4.29. The van der Waals surface area contributed by atoms with E-state index in [-0.39, 0.29) is 11.2 Å². The van der Waals surface area contributed by atoms with E-state index in [0.717, 1.165) is 12.0 Å². The lowest BCUT2D eigenvalue weighted by atomic mass is 9.99. The van der Waals surface area contributed by atoms with Crippen LogP contribution in [0.15, 0.2) is 18.2 Å². The first-order chi connectivity index (χ1) is 8.27. The highest BCUT2D eigenvalue weighted by Crippen LogP contribution is 2.24. The molecule has 0 aromatic heterocycles. The summed E-state index contributed by atoms with van der Waals surface area (Å²) in [6, 6.07) is 4.58. The molecule has 5 nitrogen and oxygen atoms in total. The number of hydrogen-bond donors (Lipinski definition) is 1. The number of benzene rings is 1. The molecule has 0 unspecified atom stereocenters. The van der Waals surface area contributed by atoms with Crippen LogP contribution in [-0.2, 0) is 6.54 Å². The molecule has 0 spiro atoms. The number of nitrogens with zero attached hydrogens (tertiary/aromatic N) is 2. The van der Waals surface area contributed by atoms with Crippen molar-refractivity contribution in [1.82, 2.24) is 4.90 Å². The van der Waals surface area contributed by atoms with Gasteiger partial charge in [0.15, 0.2) is 0 Å². The van der Waals surface area contributed by atoms with E-state index >= 15 is 0 Å². The molecule has 0 aliphatic rings. The van der Waals surface area contributed by atoms with Gasteiger partial charge < -0.3 is 5.73 Å². The molecule has 0 heterocycles. The Balaban J connectivity index is 2.97. The van der Waals surface area contributed by atoms with Gasteiger partial charge in [-0.05, 0) is 38.9 Å². The largest absolute Gasteiger partial charge is 0.398 e. The Morgan fingerprint density at radius 3 is 2.56 bits per heavy atom. The highest BCUT2D eigenvalue weighted by molar-refractivity contribution is 5.52. The van der Waals surface area contributed by atoms with Crippen molar-refractivity contribution in [2.45, 2.75) is 39.3 Å². The molecule has 18 heavy (non-hydrogen) atoms. The molecule has 5 heteroatoms. The number of nitrogens with two attached hydrogens (primary N) is 1. The molecule has 0 atom stereocenters. The van der Waals surface area contributed by atoms with Crippen molar-refractivity contribution in [3.05, 3.63) is 33.9 Å². The highest BCUT2D eigenvalue weighted by atomic mass is 16.6. The van der Waals surface area contributed by atoms with Crippen LogP contribution in [0.25, 0.3) is 0 Å². The SMILES string of the molecule is CCC(C)(C)N(C)Cc1cc([N+](=O)[O-])ccc1N. The number of non-ortho nitro benzene ring substituents is 1. The zero-order valence-corrected chi connectivity index (χ0v) is 11.4. The molecular weight excluding hydrogens is 230 g/mol. The molecule has 2 N–H and O–H groups in total. The number of anilines is 1. The second kappa shape index (κ2) is 5.35. The molecule has 0 amide bonds. The van der Waals surface area contributed by atoms with E-state index in [2.05, 4.69) is 25.7 Å². The van der Waals surface area contributed by atoms with Gasteiger partial charge >= 0.3 is 0 Å². The van der Waals surface area contributed by atoms with Crippen LogP contribution in [0.1, 0.15) is 32.8 Å². The average molecular weight is 251 g/mol. The molecule has 1 rings (SSSR count). The topological polar surface area (TPSA) is 72.4 Å². The molecule has 0 radical (unpaired) electrons. The first-order valence-electron chi connectivity index (χ1n) is 6.02. The molecule has 0 fully saturated rings. The van der Waals surface area contributed by atoms with Crippen LogP contribution in [0.4, 0.5) is 11.4 Å². The van der Waals surface area contributed by atoms with Gasteiger partial charge in [0.05, 0.1) is 4.92 Å². The second-order valence-electron chi connectivity index (χ2n) is 5.16. The Bertz CT molecular complexity index is 444. The minimum Gasteiger partial charge on any atom is -0.398 e. The van der Waals surface area contributed by atoms with E-state index in [1.54, 1.807) is 12.1 Å². The van der Waals surface area contributed by atoms with Crippen molar-refractivity contribution < 1.29 is 4.92 Å². The van der Waals surface area contributed by atoms with Crippen LogP contribution in [0, 0.1) is 10.1 Å². The summed E-state index contributed by atoms with van der Waals surface area (Å²) < 4.78 is 0. The quantitative estimate of drug-likeness (QED) is 0.496. The Hall–Kier alpha value is -1.62. The predicted molar refractivity (Wildman–Crippen MR) is 73.3 cm³/mol. The van der Waals surface area contributed by atoms with Crippen LogP contribution in [0.5, 0.6) is 0 Å². The number of nitro benzene ring substituents is 1. The molecule has 0 aliphatic heterocycles. The molecule has 0 bridgehead atoms. The average Bonchev–Trinajstić information content (AvgIpc) is 2.31. The number of nitrogen functional groups attached to an aromatic ring is 1. The normalized spacial score (nSPS) is 11.8.